The lowest BCUT2D eigenvalue weighted by Crippen LogP contribution is -2.51. The molecule has 16 heavy (non-hydrogen) atoms. The van der Waals surface area contributed by atoms with E-state index in [-0.39, 0.29) is 5.91 Å². The molecule has 0 saturated carbocycles. The summed E-state index contributed by atoms with van der Waals surface area (Å²) in [6.45, 7) is 4.05. The van der Waals surface area contributed by atoms with E-state index in [9.17, 15) is 4.79 Å². The van der Waals surface area contributed by atoms with Crippen molar-refractivity contribution in [1.29, 1.82) is 0 Å². The summed E-state index contributed by atoms with van der Waals surface area (Å²) >= 11 is 0. The predicted octanol–water partition coefficient (Wildman–Crippen LogP) is -0.0512. The standard InChI is InChI=1S/C10H19N5O/c1-4-5-10(2,11)9(16)12-6-8-13-7-15(3)14-8/h7H,4-6,11H2,1-3H3,(H,12,16). The Balaban J connectivity index is 2.46. The molecule has 0 aliphatic rings. The van der Waals surface area contributed by atoms with Crippen LogP contribution in [-0.4, -0.2) is 26.2 Å². The van der Waals surface area contributed by atoms with Gasteiger partial charge in [0.25, 0.3) is 0 Å². The molecule has 1 unspecified atom stereocenters. The van der Waals surface area contributed by atoms with Crippen LogP contribution in [0.4, 0.5) is 0 Å². The molecule has 90 valence electrons. The van der Waals surface area contributed by atoms with Crippen molar-refractivity contribution in [3.8, 4) is 0 Å². The number of aryl methyl sites for hydroxylation is 1. The minimum Gasteiger partial charge on any atom is -0.347 e. The minimum atomic E-state index is -0.816. The highest BCUT2D eigenvalue weighted by molar-refractivity contribution is 5.85. The maximum atomic E-state index is 11.7. The largest absolute Gasteiger partial charge is 0.347 e. The average molecular weight is 225 g/mol. The van der Waals surface area contributed by atoms with Crippen molar-refractivity contribution in [2.45, 2.75) is 38.8 Å². The Bertz CT molecular complexity index is 358. The zero-order chi connectivity index (χ0) is 12.2. The van der Waals surface area contributed by atoms with Gasteiger partial charge in [-0.3, -0.25) is 9.48 Å². The van der Waals surface area contributed by atoms with E-state index in [4.69, 9.17) is 5.73 Å². The topological polar surface area (TPSA) is 85.8 Å². The van der Waals surface area contributed by atoms with E-state index >= 15 is 0 Å². The third-order valence-corrected chi connectivity index (χ3v) is 2.34. The summed E-state index contributed by atoms with van der Waals surface area (Å²) < 4.78 is 1.59. The van der Waals surface area contributed by atoms with E-state index in [1.807, 2.05) is 6.92 Å². The third-order valence-electron chi connectivity index (χ3n) is 2.34. The van der Waals surface area contributed by atoms with Gasteiger partial charge in [-0.25, -0.2) is 4.98 Å². The summed E-state index contributed by atoms with van der Waals surface area (Å²) in [6, 6.07) is 0. The molecule has 0 aliphatic heterocycles. The summed E-state index contributed by atoms with van der Waals surface area (Å²) in [5.74, 6) is 0.421. The van der Waals surface area contributed by atoms with Gasteiger partial charge in [-0.05, 0) is 13.3 Å². The van der Waals surface area contributed by atoms with Gasteiger partial charge in [-0.1, -0.05) is 13.3 Å². The second-order valence-corrected chi connectivity index (χ2v) is 4.18. The number of hydrogen-bond donors (Lipinski definition) is 2. The highest BCUT2D eigenvalue weighted by atomic mass is 16.2. The molecule has 0 radical (unpaired) electrons. The number of nitrogens with zero attached hydrogens (tertiary/aromatic N) is 3. The highest BCUT2D eigenvalue weighted by Crippen LogP contribution is 2.08. The number of hydrogen-bond acceptors (Lipinski definition) is 4. The highest BCUT2D eigenvalue weighted by Gasteiger charge is 2.26. The first-order valence-electron chi connectivity index (χ1n) is 5.37. The second-order valence-electron chi connectivity index (χ2n) is 4.18. The van der Waals surface area contributed by atoms with Crippen LogP contribution in [0.3, 0.4) is 0 Å². The van der Waals surface area contributed by atoms with Crippen LogP contribution < -0.4 is 11.1 Å². The van der Waals surface area contributed by atoms with Gasteiger partial charge in [0.15, 0.2) is 5.82 Å². The van der Waals surface area contributed by atoms with Crippen LogP contribution in [-0.2, 0) is 18.4 Å². The summed E-state index contributed by atoms with van der Waals surface area (Å²) in [5.41, 5.74) is 5.07. The number of aromatic nitrogens is 3. The SMILES string of the molecule is CCCC(C)(N)C(=O)NCc1ncn(C)n1. The van der Waals surface area contributed by atoms with Gasteiger partial charge in [0.2, 0.25) is 5.91 Å². The summed E-state index contributed by atoms with van der Waals surface area (Å²) in [7, 11) is 1.78. The molecule has 1 aromatic rings. The van der Waals surface area contributed by atoms with Gasteiger partial charge in [0, 0.05) is 7.05 Å². The van der Waals surface area contributed by atoms with Crippen LogP contribution in [0.15, 0.2) is 6.33 Å². The van der Waals surface area contributed by atoms with E-state index in [0.29, 0.717) is 18.8 Å². The molecule has 1 amide bonds. The smallest absolute Gasteiger partial charge is 0.240 e. The molecule has 6 heteroatoms. The lowest BCUT2D eigenvalue weighted by molar-refractivity contribution is -0.126. The third kappa shape index (κ3) is 3.30. The van der Waals surface area contributed by atoms with E-state index in [2.05, 4.69) is 15.4 Å². The van der Waals surface area contributed by atoms with Crippen LogP contribution in [0.1, 0.15) is 32.5 Å². The van der Waals surface area contributed by atoms with Crippen molar-refractivity contribution in [3.63, 3.8) is 0 Å². The molecule has 1 aromatic heterocycles. The van der Waals surface area contributed by atoms with Crippen molar-refractivity contribution in [1.82, 2.24) is 20.1 Å². The molecule has 0 spiro atoms. The number of carbonyl (C=O) groups is 1. The number of rotatable bonds is 5. The van der Waals surface area contributed by atoms with Gasteiger partial charge < -0.3 is 11.1 Å². The zero-order valence-electron chi connectivity index (χ0n) is 10.0. The molecule has 6 nitrogen and oxygen atoms in total. The predicted molar refractivity (Wildman–Crippen MR) is 60.4 cm³/mol. The second kappa shape index (κ2) is 5.07. The number of nitrogens with two attached hydrogens (primary N) is 1. The number of nitrogens with one attached hydrogen (secondary N) is 1. The van der Waals surface area contributed by atoms with Crippen molar-refractivity contribution in [2.24, 2.45) is 12.8 Å². The summed E-state index contributed by atoms with van der Waals surface area (Å²) in [5, 5.41) is 6.80. The Morgan fingerprint density at radius 2 is 2.38 bits per heavy atom. The van der Waals surface area contributed by atoms with Crippen molar-refractivity contribution >= 4 is 5.91 Å². The molecule has 0 fully saturated rings. The van der Waals surface area contributed by atoms with E-state index < -0.39 is 5.54 Å². The number of carbonyl (C=O) groups excluding carboxylic acids is 1. The van der Waals surface area contributed by atoms with Crippen LogP contribution in [0.5, 0.6) is 0 Å². The van der Waals surface area contributed by atoms with E-state index in [1.165, 1.54) is 0 Å². The van der Waals surface area contributed by atoms with Crippen LogP contribution in [0, 0.1) is 0 Å². The lowest BCUT2D eigenvalue weighted by Gasteiger charge is -2.22. The molecule has 0 aliphatic carbocycles. The average Bonchev–Trinajstić information content (AvgIpc) is 2.60. The normalized spacial score (nSPS) is 14.5. The first-order chi connectivity index (χ1) is 7.45. The first kappa shape index (κ1) is 12.6. The maximum Gasteiger partial charge on any atom is 0.240 e. The molecule has 1 rings (SSSR count). The molecule has 0 bridgehead atoms. The lowest BCUT2D eigenvalue weighted by atomic mass is 9.97. The fourth-order valence-electron chi connectivity index (χ4n) is 1.46. The molecule has 0 saturated heterocycles. The fourth-order valence-corrected chi connectivity index (χ4v) is 1.46. The Hall–Kier alpha value is -1.43. The van der Waals surface area contributed by atoms with Crippen LogP contribution in [0.2, 0.25) is 0 Å². The van der Waals surface area contributed by atoms with Crippen LogP contribution >= 0.6 is 0 Å². The zero-order valence-corrected chi connectivity index (χ0v) is 10.0. The molecule has 1 atom stereocenters. The molecular weight excluding hydrogens is 206 g/mol. The Morgan fingerprint density at radius 3 is 2.88 bits per heavy atom. The van der Waals surface area contributed by atoms with Gasteiger partial charge in [-0.15, -0.1) is 0 Å². The summed E-state index contributed by atoms with van der Waals surface area (Å²) in [6.07, 6.45) is 3.13. The fraction of sp³-hybridized carbons (Fsp3) is 0.700. The maximum absolute atomic E-state index is 11.7. The van der Waals surface area contributed by atoms with E-state index in [0.717, 1.165) is 6.42 Å². The van der Waals surface area contributed by atoms with Gasteiger partial charge in [0.05, 0.1) is 12.1 Å². The first-order valence-corrected chi connectivity index (χ1v) is 5.37. The Morgan fingerprint density at radius 1 is 1.69 bits per heavy atom. The summed E-state index contributed by atoms with van der Waals surface area (Å²) in [4.78, 5) is 15.7. The molecule has 0 aromatic carbocycles. The van der Waals surface area contributed by atoms with E-state index in [1.54, 1.807) is 25.0 Å². The number of amides is 1. The minimum absolute atomic E-state index is 0.165. The van der Waals surface area contributed by atoms with Crippen molar-refractivity contribution in [3.05, 3.63) is 12.2 Å². The molecule has 1 heterocycles. The van der Waals surface area contributed by atoms with Gasteiger partial charge >= 0.3 is 0 Å². The van der Waals surface area contributed by atoms with Gasteiger partial charge in [-0.2, -0.15) is 5.10 Å². The Kier molecular flexibility index (Phi) is 4.00. The van der Waals surface area contributed by atoms with Crippen molar-refractivity contribution in [2.75, 3.05) is 0 Å². The monoisotopic (exact) mass is 225 g/mol. The van der Waals surface area contributed by atoms with Gasteiger partial charge in [0.1, 0.15) is 6.33 Å². The van der Waals surface area contributed by atoms with Crippen molar-refractivity contribution < 1.29 is 4.79 Å². The molecular formula is C10H19N5O. The Labute approximate surface area is 95.2 Å². The molecule has 3 N–H and O–H groups in total. The van der Waals surface area contributed by atoms with Crippen LogP contribution in [0.25, 0.3) is 0 Å². The quantitative estimate of drug-likeness (QED) is 0.735.